The van der Waals surface area contributed by atoms with Gasteiger partial charge in [-0.25, -0.2) is 0 Å². The molecule has 1 aliphatic rings. The number of carbonyl (C=O) groups excluding carboxylic acids is 1. The zero-order chi connectivity index (χ0) is 15.4. The maximum Gasteiger partial charge on any atom is 0.271 e. The van der Waals surface area contributed by atoms with E-state index in [1.807, 2.05) is 6.92 Å². The molecule has 1 aliphatic heterocycles. The average molecular weight is 357 g/mol. The van der Waals surface area contributed by atoms with Gasteiger partial charge < -0.3 is 10.6 Å². The number of hydrogen-bond donors (Lipinski definition) is 2. The molecule has 21 heavy (non-hydrogen) atoms. The largest absolute Gasteiger partial charge is 0.323 e. The quantitative estimate of drug-likeness (QED) is 0.631. The summed E-state index contributed by atoms with van der Waals surface area (Å²) in [6.45, 7) is 5.18. The van der Waals surface area contributed by atoms with Crippen molar-refractivity contribution >= 4 is 33.2 Å². The lowest BCUT2D eigenvalue weighted by atomic mass is 10.2. The summed E-state index contributed by atoms with van der Waals surface area (Å²) in [5.74, 6) is -0.168. The van der Waals surface area contributed by atoms with Gasteiger partial charge in [-0.15, -0.1) is 0 Å². The second-order valence-corrected chi connectivity index (χ2v) is 5.73. The number of nitrogens with zero attached hydrogens (tertiary/aromatic N) is 2. The van der Waals surface area contributed by atoms with E-state index in [4.69, 9.17) is 0 Å². The number of nitro groups is 1. The normalized spacial score (nSPS) is 17.2. The Morgan fingerprint density at radius 3 is 2.76 bits per heavy atom. The zero-order valence-electron chi connectivity index (χ0n) is 11.6. The predicted octanol–water partition coefficient (Wildman–Crippen LogP) is 1.59. The van der Waals surface area contributed by atoms with E-state index in [-0.39, 0.29) is 17.6 Å². The molecular formula is C13H17BrN4O3. The fourth-order valence-corrected chi connectivity index (χ4v) is 2.54. The molecule has 1 fully saturated rings. The summed E-state index contributed by atoms with van der Waals surface area (Å²) in [6, 6.07) is 4.02. The minimum absolute atomic E-state index is 0.0525. The van der Waals surface area contributed by atoms with E-state index in [0.29, 0.717) is 10.2 Å². The van der Waals surface area contributed by atoms with Crippen molar-refractivity contribution in [2.24, 2.45) is 0 Å². The van der Waals surface area contributed by atoms with Gasteiger partial charge in [-0.05, 0) is 28.9 Å². The van der Waals surface area contributed by atoms with Crippen LogP contribution in [0.4, 0.5) is 11.4 Å². The Morgan fingerprint density at radius 2 is 2.14 bits per heavy atom. The van der Waals surface area contributed by atoms with Crippen LogP contribution in [0.15, 0.2) is 22.7 Å². The molecule has 1 unspecified atom stereocenters. The van der Waals surface area contributed by atoms with Crippen molar-refractivity contribution in [3.8, 4) is 0 Å². The Balaban J connectivity index is 2.07. The molecule has 0 saturated carbocycles. The standard InChI is InChI=1S/C13H17BrN4O3/c1-9(17-6-4-15-5-7-17)13(19)16-12-8-10(18(20)21)2-3-11(12)14/h2-3,8-9,15H,4-7H2,1H3,(H,16,19). The van der Waals surface area contributed by atoms with Gasteiger partial charge >= 0.3 is 0 Å². The first-order valence-corrected chi connectivity index (χ1v) is 7.48. The lowest BCUT2D eigenvalue weighted by Gasteiger charge is -2.31. The molecule has 2 rings (SSSR count). The second-order valence-electron chi connectivity index (χ2n) is 4.87. The van der Waals surface area contributed by atoms with Crippen LogP contribution in [0.5, 0.6) is 0 Å². The van der Waals surface area contributed by atoms with E-state index in [2.05, 4.69) is 31.5 Å². The van der Waals surface area contributed by atoms with Crippen molar-refractivity contribution in [3.63, 3.8) is 0 Å². The maximum atomic E-state index is 12.3. The number of non-ortho nitro benzene ring substituents is 1. The zero-order valence-corrected chi connectivity index (χ0v) is 13.2. The van der Waals surface area contributed by atoms with Gasteiger partial charge in [0.1, 0.15) is 0 Å². The molecule has 1 aromatic rings. The minimum Gasteiger partial charge on any atom is -0.323 e. The van der Waals surface area contributed by atoms with Crippen LogP contribution >= 0.6 is 15.9 Å². The summed E-state index contributed by atoms with van der Waals surface area (Å²) >= 11 is 3.29. The number of amides is 1. The van der Waals surface area contributed by atoms with E-state index in [1.165, 1.54) is 12.1 Å². The van der Waals surface area contributed by atoms with Gasteiger partial charge in [-0.1, -0.05) is 0 Å². The Kier molecular flexibility index (Phi) is 5.27. The summed E-state index contributed by atoms with van der Waals surface area (Å²) in [5, 5.41) is 16.8. The number of rotatable bonds is 4. The fourth-order valence-electron chi connectivity index (χ4n) is 2.20. The van der Waals surface area contributed by atoms with E-state index < -0.39 is 4.92 Å². The third-order valence-corrected chi connectivity index (χ3v) is 4.19. The number of hydrogen-bond acceptors (Lipinski definition) is 5. The first-order valence-electron chi connectivity index (χ1n) is 6.68. The highest BCUT2D eigenvalue weighted by molar-refractivity contribution is 9.10. The highest BCUT2D eigenvalue weighted by atomic mass is 79.9. The molecular weight excluding hydrogens is 340 g/mol. The third-order valence-electron chi connectivity index (χ3n) is 3.50. The van der Waals surface area contributed by atoms with Crippen molar-refractivity contribution in [2.45, 2.75) is 13.0 Å². The highest BCUT2D eigenvalue weighted by Crippen LogP contribution is 2.27. The van der Waals surface area contributed by atoms with Gasteiger partial charge in [0.25, 0.3) is 5.69 Å². The number of halogens is 1. The summed E-state index contributed by atoms with van der Waals surface area (Å²) < 4.78 is 0.619. The number of piperazine rings is 1. The Morgan fingerprint density at radius 1 is 1.48 bits per heavy atom. The van der Waals surface area contributed by atoms with Crippen LogP contribution in [-0.2, 0) is 4.79 Å². The number of nitro benzene ring substituents is 1. The van der Waals surface area contributed by atoms with Gasteiger partial charge in [0.2, 0.25) is 5.91 Å². The van der Waals surface area contributed by atoms with Gasteiger partial charge in [0.15, 0.2) is 0 Å². The second kappa shape index (κ2) is 6.97. The monoisotopic (exact) mass is 356 g/mol. The van der Waals surface area contributed by atoms with Crippen molar-refractivity contribution in [1.82, 2.24) is 10.2 Å². The summed E-state index contributed by atoms with van der Waals surface area (Å²) in [4.78, 5) is 24.7. The molecule has 8 heteroatoms. The summed E-state index contributed by atoms with van der Waals surface area (Å²) in [6.07, 6.45) is 0. The van der Waals surface area contributed by atoms with E-state index in [9.17, 15) is 14.9 Å². The molecule has 0 spiro atoms. The number of anilines is 1. The molecule has 1 amide bonds. The van der Waals surface area contributed by atoms with Crippen molar-refractivity contribution in [2.75, 3.05) is 31.5 Å². The molecule has 1 atom stereocenters. The molecule has 0 aliphatic carbocycles. The molecule has 7 nitrogen and oxygen atoms in total. The van der Waals surface area contributed by atoms with Crippen LogP contribution in [0.2, 0.25) is 0 Å². The minimum atomic E-state index is -0.484. The molecule has 114 valence electrons. The highest BCUT2D eigenvalue weighted by Gasteiger charge is 2.23. The van der Waals surface area contributed by atoms with Gasteiger partial charge in [-0.3, -0.25) is 19.8 Å². The Labute approximate surface area is 131 Å². The van der Waals surface area contributed by atoms with Crippen LogP contribution in [0.25, 0.3) is 0 Å². The van der Waals surface area contributed by atoms with Gasteiger partial charge in [0, 0.05) is 42.8 Å². The summed E-state index contributed by atoms with van der Waals surface area (Å²) in [7, 11) is 0. The first-order chi connectivity index (χ1) is 9.99. The predicted molar refractivity (Wildman–Crippen MR) is 83.3 cm³/mol. The Hall–Kier alpha value is -1.51. The molecule has 1 heterocycles. The number of benzene rings is 1. The van der Waals surface area contributed by atoms with E-state index >= 15 is 0 Å². The van der Waals surface area contributed by atoms with Gasteiger partial charge in [0.05, 0.1) is 16.7 Å². The van der Waals surface area contributed by atoms with Gasteiger partial charge in [-0.2, -0.15) is 0 Å². The molecule has 0 bridgehead atoms. The lowest BCUT2D eigenvalue weighted by molar-refractivity contribution is -0.384. The molecule has 1 aromatic carbocycles. The maximum absolute atomic E-state index is 12.3. The first kappa shape index (κ1) is 15.9. The third kappa shape index (κ3) is 3.99. The van der Waals surface area contributed by atoms with Crippen molar-refractivity contribution in [1.29, 1.82) is 0 Å². The SMILES string of the molecule is CC(C(=O)Nc1cc([N+](=O)[O-])ccc1Br)N1CCNCC1. The number of carbonyl (C=O) groups is 1. The molecule has 2 N–H and O–H groups in total. The molecule has 1 saturated heterocycles. The molecule has 0 radical (unpaired) electrons. The Bertz CT molecular complexity index is 546. The molecule has 0 aromatic heterocycles. The fraction of sp³-hybridized carbons (Fsp3) is 0.462. The number of nitrogens with one attached hydrogen (secondary N) is 2. The van der Waals surface area contributed by atoms with Crippen LogP contribution < -0.4 is 10.6 Å². The summed E-state index contributed by atoms with van der Waals surface area (Å²) in [5.41, 5.74) is 0.361. The average Bonchev–Trinajstić information content (AvgIpc) is 2.49. The van der Waals surface area contributed by atoms with E-state index in [1.54, 1.807) is 6.07 Å². The van der Waals surface area contributed by atoms with E-state index in [0.717, 1.165) is 26.2 Å². The van der Waals surface area contributed by atoms with Crippen LogP contribution in [-0.4, -0.2) is 48.0 Å². The van der Waals surface area contributed by atoms with Crippen LogP contribution in [0, 0.1) is 10.1 Å². The van der Waals surface area contributed by atoms with Crippen LogP contribution in [0.3, 0.4) is 0 Å². The lowest BCUT2D eigenvalue weighted by Crippen LogP contribution is -2.51. The van der Waals surface area contributed by atoms with Crippen LogP contribution in [0.1, 0.15) is 6.92 Å². The topological polar surface area (TPSA) is 87.5 Å². The van der Waals surface area contributed by atoms with Crippen molar-refractivity contribution < 1.29 is 9.72 Å². The van der Waals surface area contributed by atoms with Crippen molar-refractivity contribution in [3.05, 3.63) is 32.8 Å². The smallest absolute Gasteiger partial charge is 0.271 e.